The fourth-order valence-electron chi connectivity index (χ4n) is 4.55. The second-order valence-electron chi connectivity index (χ2n) is 9.47. The van der Waals surface area contributed by atoms with Gasteiger partial charge in [-0.15, -0.1) is 0 Å². The fourth-order valence-corrected chi connectivity index (χ4v) is 5.39. The van der Waals surface area contributed by atoms with Crippen LogP contribution in [0.15, 0.2) is 48.5 Å². The SMILES string of the molecule is CC[C@@H](C(=O)NC1CCCC1)N(Cc1ccc(C)cc1)C(=O)CN(c1cccc([N+](=O)[O-])c1)S(C)(=O)=O. The van der Waals surface area contributed by atoms with Crippen LogP contribution in [0.3, 0.4) is 0 Å². The lowest BCUT2D eigenvalue weighted by Crippen LogP contribution is -2.53. The number of carbonyl (C=O) groups is 2. The van der Waals surface area contributed by atoms with E-state index in [4.69, 9.17) is 0 Å². The van der Waals surface area contributed by atoms with E-state index in [1.807, 2.05) is 38.1 Å². The minimum absolute atomic E-state index is 0.00351. The molecule has 0 aromatic heterocycles. The summed E-state index contributed by atoms with van der Waals surface area (Å²) in [5.41, 5.74) is 1.55. The first-order chi connectivity index (χ1) is 17.5. The van der Waals surface area contributed by atoms with E-state index in [2.05, 4.69) is 5.32 Å². The van der Waals surface area contributed by atoms with Crippen LogP contribution in [0.1, 0.15) is 50.2 Å². The molecule has 1 N–H and O–H groups in total. The maximum absolute atomic E-state index is 13.7. The van der Waals surface area contributed by atoms with Crippen LogP contribution in [0.25, 0.3) is 0 Å². The third-order valence-corrected chi connectivity index (χ3v) is 7.71. The lowest BCUT2D eigenvalue weighted by Gasteiger charge is -2.33. The van der Waals surface area contributed by atoms with Gasteiger partial charge in [0.25, 0.3) is 5.69 Å². The van der Waals surface area contributed by atoms with Crippen LogP contribution in [-0.4, -0.2) is 54.9 Å². The zero-order chi connectivity index (χ0) is 27.2. The molecule has 0 heterocycles. The summed E-state index contributed by atoms with van der Waals surface area (Å²) in [7, 11) is -3.98. The largest absolute Gasteiger partial charge is 0.352 e. The van der Waals surface area contributed by atoms with Crippen molar-refractivity contribution in [3.8, 4) is 0 Å². The third kappa shape index (κ3) is 7.51. The number of nitrogens with zero attached hydrogens (tertiary/aromatic N) is 3. The van der Waals surface area contributed by atoms with Crippen molar-refractivity contribution in [2.75, 3.05) is 17.1 Å². The van der Waals surface area contributed by atoms with Gasteiger partial charge in [-0.25, -0.2) is 8.42 Å². The van der Waals surface area contributed by atoms with Gasteiger partial charge in [-0.05, 0) is 37.8 Å². The molecule has 2 aromatic rings. The highest BCUT2D eigenvalue weighted by atomic mass is 32.2. The number of rotatable bonds is 11. The number of hydrogen-bond acceptors (Lipinski definition) is 6. The quantitative estimate of drug-likeness (QED) is 0.349. The molecule has 1 fully saturated rings. The van der Waals surface area contributed by atoms with Crippen molar-refractivity contribution in [3.05, 3.63) is 69.8 Å². The van der Waals surface area contributed by atoms with Gasteiger partial charge in [0.05, 0.1) is 16.9 Å². The minimum atomic E-state index is -3.98. The van der Waals surface area contributed by atoms with Gasteiger partial charge in [-0.3, -0.25) is 24.0 Å². The number of anilines is 1. The van der Waals surface area contributed by atoms with Crippen LogP contribution in [0, 0.1) is 17.0 Å². The number of non-ortho nitro benzene ring substituents is 1. The Balaban J connectivity index is 1.94. The van der Waals surface area contributed by atoms with Gasteiger partial charge in [-0.1, -0.05) is 55.7 Å². The molecule has 1 aliphatic carbocycles. The molecule has 1 atom stereocenters. The number of sulfonamides is 1. The van der Waals surface area contributed by atoms with E-state index < -0.39 is 33.4 Å². The average Bonchev–Trinajstić information content (AvgIpc) is 3.35. The molecule has 2 amide bonds. The Kier molecular flexibility index (Phi) is 9.25. The maximum atomic E-state index is 13.7. The van der Waals surface area contributed by atoms with Crippen molar-refractivity contribution < 1.29 is 22.9 Å². The third-order valence-electron chi connectivity index (χ3n) is 6.57. The molecule has 200 valence electrons. The molecule has 1 saturated carbocycles. The van der Waals surface area contributed by atoms with Crippen LogP contribution in [0.5, 0.6) is 0 Å². The highest BCUT2D eigenvalue weighted by Gasteiger charge is 2.33. The summed E-state index contributed by atoms with van der Waals surface area (Å²) in [5, 5.41) is 14.3. The Hall–Kier alpha value is -3.47. The van der Waals surface area contributed by atoms with E-state index in [0.717, 1.165) is 53.4 Å². The molecular formula is C26H34N4O6S. The summed E-state index contributed by atoms with van der Waals surface area (Å²) in [5.74, 6) is -0.845. The fraction of sp³-hybridized carbons (Fsp3) is 0.462. The van der Waals surface area contributed by atoms with Crippen molar-refractivity contribution >= 4 is 33.2 Å². The van der Waals surface area contributed by atoms with Crippen LogP contribution < -0.4 is 9.62 Å². The zero-order valence-corrected chi connectivity index (χ0v) is 22.2. The van der Waals surface area contributed by atoms with Gasteiger partial charge < -0.3 is 10.2 Å². The van der Waals surface area contributed by atoms with Crippen molar-refractivity contribution in [2.45, 2.75) is 64.6 Å². The Morgan fingerprint density at radius 1 is 1.14 bits per heavy atom. The smallest absolute Gasteiger partial charge is 0.271 e. The Morgan fingerprint density at radius 2 is 1.78 bits per heavy atom. The van der Waals surface area contributed by atoms with E-state index in [1.54, 1.807) is 0 Å². The molecule has 3 rings (SSSR count). The molecule has 0 unspecified atom stereocenters. The number of nitro benzene ring substituents is 1. The maximum Gasteiger partial charge on any atom is 0.271 e. The Morgan fingerprint density at radius 3 is 2.35 bits per heavy atom. The number of nitro groups is 1. The molecule has 10 nitrogen and oxygen atoms in total. The molecule has 0 radical (unpaired) electrons. The number of amides is 2. The number of nitrogens with one attached hydrogen (secondary N) is 1. The Labute approximate surface area is 217 Å². The van der Waals surface area contributed by atoms with Crippen LogP contribution in [0.2, 0.25) is 0 Å². The second kappa shape index (κ2) is 12.2. The number of benzene rings is 2. The first-order valence-electron chi connectivity index (χ1n) is 12.4. The summed E-state index contributed by atoms with van der Waals surface area (Å²) < 4.78 is 26.2. The summed E-state index contributed by atoms with van der Waals surface area (Å²) in [4.78, 5) is 39.0. The standard InChI is InChI=1S/C26H34N4O6S/c1-4-24(26(32)27-21-8-5-6-9-21)28(17-20-14-12-19(2)13-15-20)25(31)18-29(37(3,35)36)22-10-7-11-23(16-22)30(33)34/h7,10-16,21,24H,4-6,8-9,17-18H2,1-3H3,(H,27,32)/t24-/m0/s1. The average molecular weight is 531 g/mol. The van der Waals surface area contributed by atoms with Crippen molar-refractivity contribution in [1.29, 1.82) is 0 Å². The topological polar surface area (TPSA) is 130 Å². The van der Waals surface area contributed by atoms with Crippen LogP contribution in [0.4, 0.5) is 11.4 Å². The van der Waals surface area contributed by atoms with Gasteiger partial charge in [0, 0.05) is 24.7 Å². The van der Waals surface area contributed by atoms with E-state index in [1.165, 1.54) is 23.1 Å². The highest BCUT2D eigenvalue weighted by Crippen LogP contribution is 2.24. The summed E-state index contributed by atoms with van der Waals surface area (Å²) in [6.07, 6.45) is 5.14. The first kappa shape index (κ1) is 28.1. The monoisotopic (exact) mass is 530 g/mol. The van der Waals surface area contributed by atoms with E-state index in [9.17, 15) is 28.1 Å². The molecule has 0 saturated heterocycles. The Bertz CT molecular complexity index is 1230. The van der Waals surface area contributed by atoms with Gasteiger partial charge in [-0.2, -0.15) is 0 Å². The van der Waals surface area contributed by atoms with E-state index in [0.29, 0.717) is 6.42 Å². The van der Waals surface area contributed by atoms with Crippen molar-refractivity contribution in [1.82, 2.24) is 10.2 Å². The van der Waals surface area contributed by atoms with Crippen LogP contribution >= 0.6 is 0 Å². The summed E-state index contributed by atoms with van der Waals surface area (Å²) in [6, 6.07) is 11.9. The molecule has 11 heteroatoms. The number of aryl methyl sites for hydroxylation is 1. The number of carbonyl (C=O) groups excluding carboxylic acids is 2. The summed E-state index contributed by atoms with van der Waals surface area (Å²) in [6.45, 7) is 3.27. The molecule has 37 heavy (non-hydrogen) atoms. The van der Waals surface area contributed by atoms with Crippen LogP contribution in [-0.2, 0) is 26.2 Å². The van der Waals surface area contributed by atoms with Gasteiger partial charge in [0.1, 0.15) is 12.6 Å². The first-order valence-corrected chi connectivity index (χ1v) is 14.2. The normalized spacial score (nSPS) is 14.7. The molecule has 2 aromatic carbocycles. The number of hydrogen-bond donors (Lipinski definition) is 1. The van der Waals surface area contributed by atoms with Gasteiger partial charge in [0.15, 0.2) is 0 Å². The lowest BCUT2D eigenvalue weighted by atomic mass is 10.1. The molecular weight excluding hydrogens is 496 g/mol. The lowest BCUT2D eigenvalue weighted by molar-refractivity contribution is -0.384. The highest BCUT2D eigenvalue weighted by molar-refractivity contribution is 7.92. The van der Waals surface area contributed by atoms with E-state index in [-0.39, 0.29) is 29.9 Å². The molecule has 0 spiro atoms. The molecule has 0 bridgehead atoms. The predicted octanol–water partition coefficient (Wildman–Crippen LogP) is 3.54. The molecule has 1 aliphatic rings. The van der Waals surface area contributed by atoms with Crippen molar-refractivity contribution in [3.63, 3.8) is 0 Å². The van der Waals surface area contributed by atoms with Gasteiger partial charge in [0.2, 0.25) is 21.8 Å². The summed E-state index contributed by atoms with van der Waals surface area (Å²) >= 11 is 0. The molecule has 0 aliphatic heterocycles. The van der Waals surface area contributed by atoms with Crippen molar-refractivity contribution in [2.24, 2.45) is 0 Å². The zero-order valence-electron chi connectivity index (χ0n) is 21.4. The van der Waals surface area contributed by atoms with Gasteiger partial charge >= 0.3 is 0 Å². The minimum Gasteiger partial charge on any atom is -0.352 e. The predicted molar refractivity (Wildman–Crippen MR) is 141 cm³/mol. The van der Waals surface area contributed by atoms with E-state index >= 15 is 0 Å². The second-order valence-corrected chi connectivity index (χ2v) is 11.4.